The lowest BCUT2D eigenvalue weighted by molar-refractivity contribution is 0.350. The van der Waals surface area contributed by atoms with Crippen molar-refractivity contribution in [3.8, 4) is 5.75 Å². The molecule has 1 unspecified atom stereocenters. The predicted molar refractivity (Wildman–Crippen MR) is 99.7 cm³/mol. The number of hydrogen-bond acceptors (Lipinski definition) is 5. The first-order valence-electron chi connectivity index (χ1n) is 9.28. The largest absolute Gasteiger partial charge is 0.496 e. The van der Waals surface area contributed by atoms with Gasteiger partial charge in [0.05, 0.1) is 13.2 Å². The van der Waals surface area contributed by atoms with Crippen LogP contribution < -0.4 is 15.4 Å². The van der Waals surface area contributed by atoms with Crippen molar-refractivity contribution in [1.29, 1.82) is 0 Å². The number of benzene rings is 1. The smallest absolute Gasteiger partial charge is 0.222 e. The van der Waals surface area contributed by atoms with Gasteiger partial charge in [-0.2, -0.15) is 4.98 Å². The highest BCUT2D eigenvalue weighted by molar-refractivity contribution is 5.50. The van der Waals surface area contributed by atoms with Gasteiger partial charge in [-0.1, -0.05) is 0 Å². The molecule has 1 atom stereocenters. The van der Waals surface area contributed by atoms with Crippen molar-refractivity contribution in [2.75, 3.05) is 17.7 Å². The van der Waals surface area contributed by atoms with E-state index in [0.717, 1.165) is 42.1 Å². The lowest BCUT2D eigenvalue weighted by Gasteiger charge is -2.37. The monoisotopic (exact) mass is 356 g/mol. The molecule has 2 aromatic rings. The zero-order valence-corrected chi connectivity index (χ0v) is 15.3. The molecule has 5 nitrogen and oxygen atoms in total. The number of fused-ring (bicyclic) bond motifs is 4. The van der Waals surface area contributed by atoms with Crippen molar-refractivity contribution in [3.63, 3.8) is 0 Å². The van der Waals surface area contributed by atoms with Crippen LogP contribution >= 0.6 is 0 Å². The Bertz CT molecular complexity index is 784. The first-order valence-corrected chi connectivity index (χ1v) is 9.28. The Kier molecular flexibility index (Phi) is 4.42. The van der Waals surface area contributed by atoms with E-state index in [0.29, 0.717) is 12.0 Å². The van der Waals surface area contributed by atoms with Gasteiger partial charge in [-0.05, 0) is 63.1 Å². The van der Waals surface area contributed by atoms with E-state index in [1.54, 1.807) is 19.2 Å². The number of anilines is 2. The molecule has 2 aliphatic heterocycles. The molecule has 5 rings (SSSR count). The molecule has 2 N–H and O–H groups in total. The van der Waals surface area contributed by atoms with Gasteiger partial charge < -0.3 is 15.4 Å². The van der Waals surface area contributed by atoms with Crippen LogP contribution in [0.5, 0.6) is 5.75 Å². The van der Waals surface area contributed by atoms with E-state index in [-0.39, 0.29) is 17.8 Å². The average Bonchev–Trinajstić information content (AvgIpc) is 2.90. The molecule has 138 valence electrons. The molecule has 0 amide bonds. The average molecular weight is 356 g/mol. The molecule has 2 bridgehead atoms. The van der Waals surface area contributed by atoms with Crippen molar-refractivity contribution >= 4 is 11.8 Å². The van der Waals surface area contributed by atoms with Crippen LogP contribution in [-0.4, -0.2) is 23.1 Å². The van der Waals surface area contributed by atoms with Crippen molar-refractivity contribution in [2.24, 2.45) is 5.92 Å². The quantitative estimate of drug-likeness (QED) is 0.900. The van der Waals surface area contributed by atoms with Gasteiger partial charge in [-0.15, -0.1) is 0 Å². The molecular weight excluding hydrogens is 331 g/mol. The Hall–Kier alpha value is -2.37. The molecule has 1 saturated carbocycles. The van der Waals surface area contributed by atoms with Gasteiger partial charge in [0.15, 0.2) is 0 Å². The second kappa shape index (κ2) is 6.74. The van der Waals surface area contributed by atoms with Crippen LogP contribution in [0.2, 0.25) is 0 Å². The van der Waals surface area contributed by atoms with Gasteiger partial charge in [0.2, 0.25) is 5.95 Å². The van der Waals surface area contributed by atoms with Gasteiger partial charge in [0, 0.05) is 23.4 Å². The Morgan fingerprint density at radius 3 is 2.62 bits per heavy atom. The van der Waals surface area contributed by atoms with E-state index in [9.17, 15) is 4.39 Å². The number of methoxy groups -OCH3 is 1. The first-order chi connectivity index (χ1) is 12.5. The minimum atomic E-state index is -0.240. The number of nitrogen functional groups attached to an aromatic ring is 1. The van der Waals surface area contributed by atoms with Crippen molar-refractivity contribution in [2.45, 2.75) is 51.1 Å². The van der Waals surface area contributed by atoms with E-state index >= 15 is 0 Å². The number of aryl methyl sites for hydroxylation is 1. The third kappa shape index (κ3) is 3.08. The summed E-state index contributed by atoms with van der Waals surface area (Å²) < 4.78 is 19.7. The molecule has 3 aliphatic rings. The summed E-state index contributed by atoms with van der Waals surface area (Å²) in [6, 6.07) is 7.15. The van der Waals surface area contributed by atoms with Crippen molar-refractivity contribution in [1.82, 2.24) is 9.97 Å². The number of hydrogen-bond donors (Lipinski definition) is 1. The highest BCUT2D eigenvalue weighted by Gasteiger charge is 2.39. The van der Waals surface area contributed by atoms with Gasteiger partial charge >= 0.3 is 0 Å². The minimum absolute atomic E-state index is 0.0225. The van der Waals surface area contributed by atoms with Crippen LogP contribution in [0, 0.1) is 18.7 Å². The maximum Gasteiger partial charge on any atom is 0.222 e. The van der Waals surface area contributed by atoms with Crippen LogP contribution in [0.3, 0.4) is 0 Å². The molecule has 3 heterocycles. The van der Waals surface area contributed by atoms with Gasteiger partial charge in [-0.3, -0.25) is 0 Å². The molecule has 26 heavy (non-hydrogen) atoms. The summed E-state index contributed by atoms with van der Waals surface area (Å²) >= 11 is 0. The lowest BCUT2D eigenvalue weighted by Crippen LogP contribution is -2.38. The van der Waals surface area contributed by atoms with Crippen molar-refractivity contribution in [3.05, 3.63) is 41.3 Å². The molecule has 0 radical (unpaired) electrons. The summed E-state index contributed by atoms with van der Waals surface area (Å²) in [4.78, 5) is 11.1. The standard InChI is InChI=1S/C20H25FN4O/c1-12-9-19(24-20(22)23-12)25-15-6-3-13(4-7-15)10-17(25)16-11-14(21)5-8-18(16)26-2/h5,8-9,11,13,15,17H,3-4,6-7,10H2,1-2H3,(H2,22,23,24). The maximum atomic E-state index is 14.1. The SMILES string of the molecule is COc1ccc(F)cc1C1CC2CCC(CC2)N1c1cc(C)nc(N)n1. The van der Waals surface area contributed by atoms with Crippen LogP contribution in [0.1, 0.15) is 49.4 Å². The lowest BCUT2D eigenvalue weighted by atomic mass is 9.85. The summed E-state index contributed by atoms with van der Waals surface area (Å²) in [5.74, 6) is 2.24. The molecule has 2 saturated heterocycles. The van der Waals surface area contributed by atoms with E-state index < -0.39 is 0 Å². The highest BCUT2D eigenvalue weighted by Crippen LogP contribution is 2.47. The van der Waals surface area contributed by atoms with Crippen LogP contribution in [0.15, 0.2) is 24.3 Å². The maximum absolute atomic E-state index is 14.1. The van der Waals surface area contributed by atoms with Gasteiger partial charge in [-0.25, -0.2) is 9.37 Å². The highest BCUT2D eigenvalue weighted by atomic mass is 19.1. The first kappa shape index (κ1) is 17.1. The second-order valence-electron chi connectivity index (χ2n) is 7.45. The Balaban J connectivity index is 1.85. The van der Waals surface area contributed by atoms with Gasteiger partial charge in [0.25, 0.3) is 0 Å². The third-order valence-electron chi connectivity index (χ3n) is 5.78. The Morgan fingerprint density at radius 2 is 1.92 bits per heavy atom. The normalized spacial score (nSPS) is 25.2. The fourth-order valence-electron chi connectivity index (χ4n) is 4.64. The number of halogens is 1. The van der Waals surface area contributed by atoms with Crippen LogP contribution in [-0.2, 0) is 0 Å². The Labute approximate surface area is 153 Å². The van der Waals surface area contributed by atoms with E-state index in [2.05, 4.69) is 14.9 Å². The summed E-state index contributed by atoms with van der Waals surface area (Å²) in [6.07, 6.45) is 5.63. The number of rotatable bonds is 3. The van der Waals surface area contributed by atoms with E-state index in [1.165, 1.54) is 18.9 Å². The Morgan fingerprint density at radius 1 is 1.15 bits per heavy atom. The number of nitrogens with two attached hydrogens (primary N) is 1. The van der Waals surface area contributed by atoms with E-state index in [1.807, 2.05) is 13.0 Å². The molecule has 3 fully saturated rings. The molecule has 1 aromatic carbocycles. The second-order valence-corrected chi connectivity index (χ2v) is 7.45. The summed E-state index contributed by atoms with van der Waals surface area (Å²) in [6.45, 7) is 1.93. The van der Waals surface area contributed by atoms with Gasteiger partial charge in [0.1, 0.15) is 17.4 Å². The molecule has 1 aliphatic carbocycles. The number of aromatic nitrogens is 2. The van der Waals surface area contributed by atoms with Crippen LogP contribution in [0.4, 0.5) is 16.2 Å². The fourth-order valence-corrected chi connectivity index (χ4v) is 4.64. The van der Waals surface area contributed by atoms with Crippen molar-refractivity contribution < 1.29 is 9.13 Å². The summed E-state index contributed by atoms with van der Waals surface area (Å²) in [5.41, 5.74) is 7.67. The van der Waals surface area contributed by atoms with Crippen LogP contribution in [0.25, 0.3) is 0 Å². The summed E-state index contributed by atoms with van der Waals surface area (Å²) in [7, 11) is 1.64. The number of ether oxygens (including phenoxy) is 1. The fraction of sp³-hybridized carbons (Fsp3) is 0.500. The molecule has 6 heteroatoms. The predicted octanol–water partition coefficient (Wildman–Crippen LogP) is 4.03. The number of nitrogens with zero attached hydrogens (tertiary/aromatic N) is 3. The topological polar surface area (TPSA) is 64.3 Å². The summed E-state index contributed by atoms with van der Waals surface area (Å²) in [5, 5.41) is 0. The zero-order valence-electron chi connectivity index (χ0n) is 15.3. The molecule has 0 spiro atoms. The molecule has 1 aromatic heterocycles. The van der Waals surface area contributed by atoms with E-state index in [4.69, 9.17) is 10.5 Å². The zero-order chi connectivity index (χ0) is 18.3. The third-order valence-corrected chi connectivity index (χ3v) is 5.78. The molecular formula is C20H25FN4O. The minimum Gasteiger partial charge on any atom is -0.496 e.